The van der Waals surface area contributed by atoms with Gasteiger partial charge in [0.2, 0.25) is 17.7 Å². The van der Waals surface area contributed by atoms with Crippen molar-refractivity contribution in [3.05, 3.63) is 0 Å². The van der Waals surface area contributed by atoms with Crippen molar-refractivity contribution in [1.29, 1.82) is 0 Å². The lowest BCUT2D eigenvalue weighted by molar-refractivity contribution is -0.197. The molecular formula is C26H33N3O7. The molecule has 0 aromatic heterocycles. The molecule has 10 nitrogen and oxygen atoms in total. The molecule has 4 aliphatic rings. The number of nitrogens with zero attached hydrogens (tertiary/aromatic N) is 3. The second-order valence-electron chi connectivity index (χ2n) is 10.2. The number of imide groups is 2. The van der Waals surface area contributed by atoms with E-state index in [9.17, 15) is 28.8 Å². The van der Waals surface area contributed by atoms with Crippen molar-refractivity contribution in [2.75, 3.05) is 19.6 Å². The van der Waals surface area contributed by atoms with Crippen LogP contribution in [0.2, 0.25) is 0 Å². The van der Waals surface area contributed by atoms with Crippen LogP contribution in [0.1, 0.15) is 70.6 Å². The predicted octanol–water partition coefficient (Wildman–Crippen LogP) is 1.43. The van der Waals surface area contributed by atoms with Crippen LogP contribution < -0.4 is 0 Å². The summed E-state index contributed by atoms with van der Waals surface area (Å²) in [6.07, 6.45) is 11.2. The average molecular weight is 500 g/mol. The quantitative estimate of drug-likeness (QED) is 0.226. The lowest BCUT2D eigenvalue weighted by Gasteiger charge is -2.20. The van der Waals surface area contributed by atoms with Crippen LogP contribution in [0.4, 0.5) is 0 Å². The normalized spacial score (nSPS) is 26.5. The van der Waals surface area contributed by atoms with Gasteiger partial charge >= 0.3 is 5.97 Å². The van der Waals surface area contributed by atoms with E-state index >= 15 is 0 Å². The molecule has 4 atom stereocenters. The fourth-order valence-corrected chi connectivity index (χ4v) is 6.19. The Morgan fingerprint density at radius 1 is 0.917 bits per heavy atom. The number of hydroxylamine groups is 2. The third kappa shape index (κ3) is 5.30. The van der Waals surface area contributed by atoms with E-state index < -0.39 is 17.8 Å². The first-order valence-electron chi connectivity index (χ1n) is 12.9. The number of likely N-dealkylation sites (tertiary alicyclic amines) is 1. The van der Waals surface area contributed by atoms with E-state index in [2.05, 4.69) is 5.92 Å². The number of hydrogen-bond acceptors (Lipinski definition) is 7. The zero-order valence-corrected chi connectivity index (χ0v) is 20.5. The fraction of sp³-hybridized carbons (Fsp3) is 0.692. The van der Waals surface area contributed by atoms with Crippen molar-refractivity contribution in [1.82, 2.24) is 14.9 Å². The zero-order valence-electron chi connectivity index (χ0n) is 20.5. The molecule has 0 radical (unpaired) electrons. The second-order valence-corrected chi connectivity index (χ2v) is 10.2. The number of carbonyl (C=O) groups is 6. The number of fused-ring (bicyclic) bond motifs is 5. The summed E-state index contributed by atoms with van der Waals surface area (Å²) >= 11 is 0. The fourth-order valence-electron chi connectivity index (χ4n) is 6.19. The molecule has 0 spiro atoms. The lowest BCUT2D eigenvalue weighted by Crippen LogP contribution is -2.34. The molecule has 2 aliphatic carbocycles. The smallest absolute Gasteiger partial charge is 0.332 e. The first-order chi connectivity index (χ1) is 17.3. The monoisotopic (exact) mass is 499 g/mol. The van der Waals surface area contributed by atoms with Crippen LogP contribution in [-0.2, 0) is 33.6 Å². The number of unbranched alkanes of at least 4 members (excludes halogenated alkanes) is 3. The van der Waals surface area contributed by atoms with Crippen LogP contribution in [0.5, 0.6) is 0 Å². The van der Waals surface area contributed by atoms with Gasteiger partial charge in [0.1, 0.15) is 0 Å². The number of amides is 5. The second kappa shape index (κ2) is 11.2. The molecular weight excluding hydrogens is 466 g/mol. The van der Waals surface area contributed by atoms with Crippen molar-refractivity contribution < 1.29 is 33.6 Å². The number of terminal acetylenes is 1. The molecule has 10 heteroatoms. The molecule has 2 aliphatic heterocycles. The van der Waals surface area contributed by atoms with Crippen LogP contribution in [0.15, 0.2) is 0 Å². The summed E-state index contributed by atoms with van der Waals surface area (Å²) in [4.78, 5) is 80.8. The van der Waals surface area contributed by atoms with Gasteiger partial charge in [-0.3, -0.25) is 28.9 Å². The molecule has 2 saturated heterocycles. The van der Waals surface area contributed by atoms with E-state index in [0.717, 1.165) is 38.5 Å². The van der Waals surface area contributed by atoms with Crippen molar-refractivity contribution in [2.45, 2.75) is 70.6 Å². The Bertz CT molecular complexity index is 943. The highest BCUT2D eigenvalue weighted by Crippen LogP contribution is 2.56. The van der Waals surface area contributed by atoms with Gasteiger partial charge in [0, 0.05) is 32.4 Å². The molecule has 4 rings (SSSR count). The van der Waals surface area contributed by atoms with Crippen LogP contribution in [-0.4, -0.2) is 70.0 Å². The van der Waals surface area contributed by atoms with E-state index in [1.54, 1.807) is 0 Å². The lowest BCUT2D eigenvalue weighted by atomic mass is 9.81. The van der Waals surface area contributed by atoms with E-state index in [4.69, 9.17) is 11.3 Å². The molecule has 2 unspecified atom stereocenters. The van der Waals surface area contributed by atoms with E-state index in [1.807, 2.05) is 0 Å². The minimum absolute atomic E-state index is 0.00754. The molecule has 0 aromatic rings. The SMILES string of the molecule is C#CCN(CCCCCCN1C(=O)[C@@H]2C3CCC(C3)[C@@H]2C1=O)C(=O)CCC(=O)ON1C(=O)CCC1=O. The molecule has 5 amide bonds. The Balaban J connectivity index is 1.12. The molecule has 4 fully saturated rings. The van der Waals surface area contributed by atoms with Gasteiger partial charge in [-0.05, 0) is 43.9 Å². The first-order valence-corrected chi connectivity index (χ1v) is 12.9. The predicted molar refractivity (Wildman–Crippen MR) is 125 cm³/mol. The molecule has 2 bridgehead atoms. The highest BCUT2D eigenvalue weighted by molar-refractivity contribution is 6.06. The highest BCUT2D eigenvalue weighted by Gasteiger charge is 2.60. The van der Waals surface area contributed by atoms with Crippen LogP contribution in [0, 0.1) is 36.0 Å². The summed E-state index contributed by atoms with van der Waals surface area (Å²) < 4.78 is 0. The topological polar surface area (TPSA) is 121 Å². The summed E-state index contributed by atoms with van der Waals surface area (Å²) in [6, 6.07) is 0. The van der Waals surface area contributed by atoms with E-state index in [-0.39, 0.29) is 61.8 Å². The Hall–Kier alpha value is -3.22. The minimum atomic E-state index is -0.823. The number of hydrogen-bond donors (Lipinski definition) is 0. The van der Waals surface area contributed by atoms with Crippen LogP contribution in [0.3, 0.4) is 0 Å². The summed E-state index contributed by atoms with van der Waals surface area (Å²) in [5.74, 6) is 0.878. The van der Waals surface area contributed by atoms with Crippen molar-refractivity contribution in [3.8, 4) is 12.3 Å². The Labute approximate surface area is 210 Å². The van der Waals surface area contributed by atoms with E-state index in [0.29, 0.717) is 36.4 Å². The van der Waals surface area contributed by atoms with Crippen molar-refractivity contribution >= 4 is 35.5 Å². The Morgan fingerprint density at radius 3 is 2.14 bits per heavy atom. The summed E-state index contributed by atoms with van der Waals surface area (Å²) in [5, 5.41) is 0.464. The standard InChI is InChI=1S/C26H33N3O7/c1-2-13-27(19(30)11-12-22(33)36-29-20(31)9-10-21(29)32)14-5-3-4-6-15-28-25(34)23-17-7-8-18(16-17)24(23)26(28)35/h1,17-18,23-24H,3-16H2/t17?,18?,23-,24+. The van der Waals surface area contributed by atoms with Gasteiger partial charge in [-0.15, -0.1) is 11.5 Å². The maximum Gasteiger partial charge on any atom is 0.333 e. The summed E-state index contributed by atoms with van der Waals surface area (Å²) in [7, 11) is 0. The summed E-state index contributed by atoms with van der Waals surface area (Å²) in [5.41, 5.74) is 0. The third-order valence-electron chi connectivity index (χ3n) is 7.96. The van der Waals surface area contributed by atoms with Gasteiger partial charge in [0.15, 0.2) is 0 Å². The maximum atomic E-state index is 12.8. The highest BCUT2D eigenvalue weighted by atomic mass is 16.7. The molecule has 2 heterocycles. The molecule has 0 N–H and O–H groups in total. The summed E-state index contributed by atoms with van der Waals surface area (Å²) in [6.45, 7) is 0.996. The molecule has 2 saturated carbocycles. The number of rotatable bonds is 12. The Kier molecular flexibility index (Phi) is 8.07. The molecule has 36 heavy (non-hydrogen) atoms. The van der Waals surface area contributed by atoms with E-state index in [1.165, 1.54) is 9.80 Å². The average Bonchev–Trinajstić information content (AvgIpc) is 3.61. The van der Waals surface area contributed by atoms with Gasteiger partial charge in [-0.2, -0.15) is 0 Å². The van der Waals surface area contributed by atoms with Crippen LogP contribution in [0.25, 0.3) is 0 Å². The maximum absolute atomic E-state index is 12.8. The van der Waals surface area contributed by atoms with Crippen molar-refractivity contribution in [2.24, 2.45) is 23.7 Å². The van der Waals surface area contributed by atoms with Crippen molar-refractivity contribution in [3.63, 3.8) is 0 Å². The van der Waals surface area contributed by atoms with Gasteiger partial charge in [0.05, 0.1) is 24.8 Å². The Morgan fingerprint density at radius 2 is 1.53 bits per heavy atom. The van der Waals surface area contributed by atoms with Gasteiger partial charge in [-0.25, -0.2) is 4.79 Å². The number of carbonyl (C=O) groups excluding carboxylic acids is 6. The van der Waals surface area contributed by atoms with Gasteiger partial charge in [0.25, 0.3) is 11.8 Å². The first kappa shape index (κ1) is 25.9. The third-order valence-corrected chi connectivity index (χ3v) is 7.96. The molecule has 0 aromatic carbocycles. The minimum Gasteiger partial charge on any atom is -0.332 e. The van der Waals surface area contributed by atoms with Crippen LogP contribution >= 0.6 is 0 Å². The van der Waals surface area contributed by atoms with Gasteiger partial charge in [-0.1, -0.05) is 18.8 Å². The zero-order chi connectivity index (χ0) is 25.8. The molecule has 194 valence electrons. The van der Waals surface area contributed by atoms with Gasteiger partial charge < -0.3 is 9.74 Å². The largest absolute Gasteiger partial charge is 0.333 e.